The van der Waals surface area contributed by atoms with E-state index in [-0.39, 0.29) is 11.3 Å². The number of nitro benzene ring substituents is 2. The number of carbonyl (C=O) groups excluding carboxylic acids is 1. The number of hydrogen-bond donors (Lipinski definition) is 2. The van der Waals surface area contributed by atoms with Gasteiger partial charge >= 0.3 is 17.6 Å². The van der Waals surface area contributed by atoms with Crippen molar-refractivity contribution in [3.05, 3.63) is 73.3 Å². The maximum absolute atomic E-state index is 12.2. The Kier molecular flexibility index (Phi) is 6.73. The fourth-order valence-electron chi connectivity index (χ4n) is 2.36. The number of esters is 1. The Morgan fingerprint density at radius 3 is 2.21 bits per heavy atom. The maximum Gasteiger partial charge on any atom is 0.348 e. The predicted octanol–water partition coefficient (Wildman–Crippen LogP) is 2.38. The number of carboxylic acids is 1. The van der Waals surface area contributed by atoms with E-state index in [1.54, 1.807) is 0 Å². The summed E-state index contributed by atoms with van der Waals surface area (Å²) >= 11 is 0. The summed E-state index contributed by atoms with van der Waals surface area (Å²) in [5.41, 5.74) is -2.74. The molecule has 13 heteroatoms. The van der Waals surface area contributed by atoms with Gasteiger partial charge in [0.2, 0.25) is 12.5 Å². The zero-order chi connectivity index (χ0) is 21.6. The van der Waals surface area contributed by atoms with Crippen LogP contribution < -0.4 is 4.74 Å². The van der Waals surface area contributed by atoms with Crippen LogP contribution >= 0.6 is 0 Å². The highest BCUT2D eigenvalue weighted by atomic mass is 17.1. The van der Waals surface area contributed by atoms with Crippen LogP contribution in [0.5, 0.6) is 5.75 Å². The van der Waals surface area contributed by atoms with Gasteiger partial charge in [-0.2, -0.15) is 0 Å². The van der Waals surface area contributed by atoms with Crippen molar-refractivity contribution in [2.45, 2.75) is 6.61 Å². The van der Waals surface area contributed by atoms with E-state index in [0.717, 1.165) is 24.3 Å². The van der Waals surface area contributed by atoms with Crippen molar-refractivity contribution in [3.8, 4) is 5.75 Å². The maximum atomic E-state index is 12.2. The van der Waals surface area contributed by atoms with Crippen LogP contribution in [0.3, 0.4) is 0 Å². The van der Waals surface area contributed by atoms with Gasteiger partial charge in [0.25, 0.3) is 5.69 Å². The number of ether oxygens (including phenoxy) is 2. The SMILES string of the molecule is O=C(O)c1cccc([N+](=O)[O-])c1C(=O)OCOc1c(COO)cccc1[N+](=O)[O-]. The molecule has 2 rings (SSSR count). The highest BCUT2D eigenvalue weighted by Crippen LogP contribution is 2.31. The largest absolute Gasteiger partial charge is 0.478 e. The van der Waals surface area contributed by atoms with Crippen molar-refractivity contribution in [2.75, 3.05) is 6.79 Å². The third-order valence-electron chi connectivity index (χ3n) is 3.56. The number of benzene rings is 2. The van der Waals surface area contributed by atoms with Crippen molar-refractivity contribution in [1.82, 2.24) is 0 Å². The number of carbonyl (C=O) groups is 2. The second kappa shape index (κ2) is 9.20. The van der Waals surface area contributed by atoms with Gasteiger partial charge in [-0.1, -0.05) is 18.2 Å². The van der Waals surface area contributed by atoms with E-state index in [9.17, 15) is 29.8 Å². The minimum Gasteiger partial charge on any atom is -0.478 e. The molecular formula is C16H12N2O11. The van der Waals surface area contributed by atoms with E-state index in [0.29, 0.717) is 0 Å². The van der Waals surface area contributed by atoms with Crippen molar-refractivity contribution in [1.29, 1.82) is 0 Å². The number of carboxylic acid groups (broad SMARTS) is 1. The lowest BCUT2D eigenvalue weighted by molar-refractivity contribution is -0.386. The van der Waals surface area contributed by atoms with Gasteiger partial charge in [0.05, 0.1) is 15.4 Å². The Balaban J connectivity index is 2.27. The van der Waals surface area contributed by atoms with E-state index in [4.69, 9.17) is 19.8 Å². The molecule has 0 radical (unpaired) electrons. The molecule has 0 fully saturated rings. The van der Waals surface area contributed by atoms with Gasteiger partial charge < -0.3 is 14.6 Å². The van der Waals surface area contributed by atoms with Crippen molar-refractivity contribution < 1.29 is 44.2 Å². The molecule has 29 heavy (non-hydrogen) atoms. The summed E-state index contributed by atoms with van der Waals surface area (Å²) in [5, 5.41) is 39.9. The number of nitrogens with zero attached hydrogens (tertiary/aromatic N) is 2. The van der Waals surface area contributed by atoms with Crippen molar-refractivity contribution in [3.63, 3.8) is 0 Å². The summed E-state index contributed by atoms with van der Waals surface area (Å²) in [6, 6.07) is 6.71. The Bertz CT molecular complexity index is 941. The Morgan fingerprint density at radius 2 is 1.62 bits per heavy atom. The smallest absolute Gasteiger partial charge is 0.348 e. The quantitative estimate of drug-likeness (QED) is 0.204. The first kappa shape index (κ1) is 21.2. The number of para-hydroxylation sites is 1. The first-order valence-corrected chi connectivity index (χ1v) is 7.61. The van der Waals surface area contributed by atoms with Gasteiger partial charge in [0.1, 0.15) is 6.61 Å². The molecule has 0 heterocycles. The molecule has 0 aliphatic heterocycles. The first-order chi connectivity index (χ1) is 13.8. The van der Waals surface area contributed by atoms with Crippen molar-refractivity contribution >= 4 is 23.3 Å². The lowest BCUT2D eigenvalue weighted by atomic mass is 10.1. The van der Waals surface area contributed by atoms with Crippen LogP contribution in [0.25, 0.3) is 0 Å². The average molecular weight is 408 g/mol. The molecule has 0 unspecified atom stereocenters. The Morgan fingerprint density at radius 1 is 1.00 bits per heavy atom. The van der Waals surface area contributed by atoms with Crippen LogP contribution in [0.2, 0.25) is 0 Å². The minimum absolute atomic E-state index is 0.0506. The summed E-state index contributed by atoms with van der Waals surface area (Å²) in [4.78, 5) is 47.9. The number of hydrogen-bond acceptors (Lipinski definition) is 10. The monoisotopic (exact) mass is 408 g/mol. The van der Waals surface area contributed by atoms with Crippen molar-refractivity contribution in [2.24, 2.45) is 0 Å². The second-order valence-electron chi connectivity index (χ2n) is 5.25. The highest BCUT2D eigenvalue weighted by Gasteiger charge is 2.29. The normalized spacial score (nSPS) is 10.2. The van der Waals surface area contributed by atoms with E-state index < -0.39 is 57.7 Å². The molecule has 0 atom stereocenters. The first-order valence-electron chi connectivity index (χ1n) is 7.61. The molecule has 0 aliphatic rings. The summed E-state index contributed by atoms with van der Waals surface area (Å²) < 4.78 is 9.81. The standard InChI is InChI=1S/C16H12N2O11/c19-15(20)10-4-2-5-11(17(22)23)13(10)16(21)28-8-27-14-9(7-29-26)3-1-6-12(14)18(24)25/h1-6,26H,7-8H2,(H,19,20). The van der Waals surface area contributed by atoms with Crippen LogP contribution in [-0.2, 0) is 16.2 Å². The highest BCUT2D eigenvalue weighted by molar-refractivity contribution is 6.05. The van der Waals surface area contributed by atoms with Gasteiger partial charge in [0, 0.05) is 17.7 Å². The number of nitro groups is 2. The molecule has 0 saturated heterocycles. The zero-order valence-electron chi connectivity index (χ0n) is 14.3. The minimum atomic E-state index is -1.59. The molecule has 13 nitrogen and oxygen atoms in total. The Hall–Kier alpha value is -4.10. The molecule has 0 saturated carbocycles. The number of aromatic carboxylic acids is 1. The fourth-order valence-corrected chi connectivity index (χ4v) is 2.36. The van der Waals surface area contributed by atoms with Crippen LogP contribution in [0.4, 0.5) is 11.4 Å². The number of rotatable bonds is 9. The molecule has 0 aliphatic carbocycles. The van der Waals surface area contributed by atoms with Crippen LogP contribution in [0.15, 0.2) is 36.4 Å². The third-order valence-corrected chi connectivity index (χ3v) is 3.56. The van der Waals surface area contributed by atoms with Crippen LogP contribution in [0, 0.1) is 20.2 Å². The summed E-state index contributed by atoms with van der Waals surface area (Å²) in [6.45, 7) is -1.41. The zero-order valence-corrected chi connectivity index (χ0v) is 14.3. The van der Waals surface area contributed by atoms with Gasteiger partial charge in [0.15, 0.2) is 5.56 Å². The summed E-state index contributed by atoms with van der Waals surface area (Å²) in [5.74, 6) is -3.35. The predicted molar refractivity (Wildman–Crippen MR) is 91.5 cm³/mol. The van der Waals surface area contributed by atoms with E-state index in [2.05, 4.69) is 4.89 Å². The molecule has 152 valence electrons. The average Bonchev–Trinajstić information content (AvgIpc) is 2.68. The molecular weight excluding hydrogens is 396 g/mol. The van der Waals surface area contributed by atoms with Crippen LogP contribution in [0.1, 0.15) is 26.3 Å². The third kappa shape index (κ3) is 4.79. The molecule has 0 aromatic heterocycles. The second-order valence-corrected chi connectivity index (χ2v) is 5.25. The van der Waals surface area contributed by atoms with Gasteiger partial charge in [-0.3, -0.25) is 25.5 Å². The van der Waals surface area contributed by atoms with E-state index in [1.165, 1.54) is 12.1 Å². The van der Waals surface area contributed by atoms with E-state index >= 15 is 0 Å². The molecule has 0 spiro atoms. The van der Waals surface area contributed by atoms with Gasteiger partial charge in [-0.15, -0.1) is 0 Å². The molecule has 2 N–H and O–H groups in total. The van der Waals surface area contributed by atoms with E-state index in [1.807, 2.05) is 0 Å². The Labute approximate surface area is 160 Å². The lowest BCUT2D eigenvalue weighted by Gasteiger charge is -2.12. The lowest BCUT2D eigenvalue weighted by Crippen LogP contribution is -2.17. The molecule has 0 amide bonds. The van der Waals surface area contributed by atoms with Gasteiger partial charge in [-0.25, -0.2) is 14.5 Å². The summed E-state index contributed by atoms with van der Waals surface area (Å²) in [7, 11) is 0. The van der Waals surface area contributed by atoms with Gasteiger partial charge in [-0.05, 0) is 6.07 Å². The molecule has 2 aromatic rings. The topological polar surface area (TPSA) is 189 Å². The molecule has 0 bridgehead atoms. The molecule has 2 aromatic carbocycles. The summed E-state index contributed by atoms with van der Waals surface area (Å²) in [6.07, 6.45) is 0. The fraction of sp³-hybridized carbons (Fsp3) is 0.125. The van der Waals surface area contributed by atoms with Crippen LogP contribution in [-0.4, -0.2) is 38.9 Å².